The molecular formula is C14H23NOS. The van der Waals surface area contributed by atoms with Gasteiger partial charge in [0.25, 0.3) is 0 Å². The maximum atomic E-state index is 5.36. The van der Waals surface area contributed by atoms with Gasteiger partial charge in [-0.1, -0.05) is 32.9 Å². The van der Waals surface area contributed by atoms with E-state index in [0.717, 1.165) is 18.0 Å². The number of methoxy groups -OCH3 is 1. The Morgan fingerprint density at radius 3 is 2.59 bits per heavy atom. The topological polar surface area (TPSA) is 21.3 Å². The van der Waals surface area contributed by atoms with Gasteiger partial charge in [-0.3, -0.25) is 0 Å². The second-order valence-electron chi connectivity index (χ2n) is 4.37. The van der Waals surface area contributed by atoms with E-state index in [0.29, 0.717) is 12.0 Å². The average Bonchev–Trinajstić information content (AvgIpc) is 2.34. The fourth-order valence-electron chi connectivity index (χ4n) is 1.67. The van der Waals surface area contributed by atoms with Gasteiger partial charge in [0.15, 0.2) is 0 Å². The monoisotopic (exact) mass is 253 g/mol. The van der Waals surface area contributed by atoms with Crippen LogP contribution in [0.15, 0.2) is 29.2 Å². The smallest absolute Gasteiger partial charge is 0.132 e. The molecule has 0 amide bonds. The molecule has 17 heavy (non-hydrogen) atoms. The number of ether oxygens (including phenoxy) is 1. The van der Waals surface area contributed by atoms with E-state index in [1.807, 2.05) is 23.9 Å². The van der Waals surface area contributed by atoms with Gasteiger partial charge in [-0.05, 0) is 24.6 Å². The summed E-state index contributed by atoms with van der Waals surface area (Å²) < 4.78 is 5.36. The molecule has 2 nitrogen and oxygen atoms in total. The van der Waals surface area contributed by atoms with Gasteiger partial charge in [-0.2, -0.15) is 0 Å². The minimum Gasteiger partial charge on any atom is -0.496 e. The van der Waals surface area contributed by atoms with Crippen molar-refractivity contribution < 1.29 is 4.74 Å². The summed E-state index contributed by atoms with van der Waals surface area (Å²) >= 11 is 1.86. The van der Waals surface area contributed by atoms with Crippen molar-refractivity contribution in [2.45, 2.75) is 31.7 Å². The van der Waals surface area contributed by atoms with Crippen molar-refractivity contribution in [3.63, 3.8) is 0 Å². The molecule has 1 N–H and O–H groups in total. The highest BCUT2D eigenvalue weighted by molar-refractivity contribution is 7.99. The Balaban J connectivity index is 2.58. The number of hydrogen-bond donors (Lipinski definition) is 1. The summed E-state index contributed by atoms with van der Waals surface area (Å²) in [6.45, 7) is 7.70. The van der Waals surface area contributed by atoms with Crippen molar-refractivity contribution in [1.29, 1.82) is 0 Å². The van der Waals surface area contributed by atoms with Crippen molar-refractivity contribution in [1.82, 2.24) is 5.32 Å². The first-order valence-corrected chi connectivity index (χ1v) is 7.16. The van der Waals surface area contributed by atoms with Gasteiger partial charge in [-0.25, -0.2) is 0 Å². The molecule has 0 spiro atoms. The van der Waals surface area contributed by atoms with E-state index in [1.165, 1.54) is 4.90 Å². The fraction of sp³-hybridized carbons (Fsp3) is 0.571. The average molecular weight is 253 g/mol. The summed E-state index contributed by atoms with van der Waals surface area (Å²) in [5.74, 6) is 2.69. The molecule has 0 bridgehead atoms. The Hall–Kier alpha value is -0.670. The van der Waals surface area contributed by atoms with Crippen LogP contribution in [0.1, 0.15) is 20.8 Å². The number of nitrogens with one attached hydrogen (secondary N) is 1. The Morgan fingerprint density at radius 2 is 2.00 bits per heavy atom. The molecular weight excluding hydrogens is 230 g/mol. The third-order valence-corrected chi connectivity index (χ3v) is 3.93. The summed E-state index contributed by atoms with van der Waals surface area (Å²) in [6.07, 6.45) is 0. The third-order valence-electron chi connectivity index (χ3n) is 2.76. The lowest BCUT2D eigenvalue weighted by molar-refractivity contribution is 0.404. The standard InChI is InChI=1S/C14H23NOS/c1-5-15-12(11(2)3)10-17-14-9-7-6-8-13(14)16-4/h6-9,11-12,15H,5,10H2,1-4H3. The molecule has 0 radical (unpaired) electrons. The van der Waals surface area contributed by atoms with Gasteiger partial charge in [0, 0.05) is 16.7 Å². The molecule has 1 rings (SSSR count). The summed E-state index contributed by atoms with van der Waals surface area (Å²) in [5, 5.41) is 3.53. The van der Waals surface area contributed by atoms with Gasteiger partial charge in [0.1, 0.15) is 5.75 Å². The van der Waals surface area contributed by atoms with Crippen LogP contribution in [-0.4, -0.2) is 25.4 Å². The van der Waals surface area contributed by atoms with Crippen molar-refractivity contribution in [3.05, 3.63) is 24.3 Å². The van der Waals surface area contributed by atoms with Crippen LogP contribution in [0.5, 0.6) is 5.75 Å². The summed E-state index contributed by atoms with van der Waals surface area (Å²) in [4.78, 5) is 1.22. The molecule has 1 aromatic carbocycles. The minimum atomic E-state index is 0.551. The summed E-state index contributed by atoms with van der Waals surface area (Å²) in [5.41, 5.74) is 0. The molecule has 0 aliphatic heterocycles. The zero-order valence-corrected chi connectivity index (χ0v) is 12.0. The quantitative estimate of drug-likeness (QED) is 0.752. The van der Waals surface area contributed by atoms with Crippen molar-refractivity contribution >= 4 is 11.8 Å². The molecule has 0 aliphatic carbocycles. The molecule has 0 aromatic heterocycles. The van der Waals surface area contributed by atoms with Crippen molar-refractivity contribution in [2.75, 3.05) is 19.4 Å². The SMILES string of the molecule is CCNC(CSc1ccccc1OC)C(C)C. The second-order valence-corrected chi connectivity index (χ2v) is 5.43. The van der Waals surface area contributed by atoms with Crippen LogP contribution in [0.4, 0.5) is 0 Å². The van der Waals surface area contributed by atoms with Crippen LogP contribution in [-0.2, 0) is 0 Å². The summed E-state index contributed by atoms with van der Waals surface area (Å²) in [6, 6.07) is 8.75. The zero-order chi connectivity index (χ0) is 12.7. The maximum Gasteiger partial charge on any atom is 0.132 e. The van der Waals surface area contributed by atoms with Crippen LogP contribution in [0.2, 0.25) is 0 Å². The van der Waals surface area contributed by atoms with E-state index >= 15 is 0 Å². The highest BCUT2D eigenvalue weighted by Crippen LogP contribution is 2.29. The van der Waals surface area contributed by atoms with E-state index in [9.17, 15) is 0 Å². The number of rotatable bonds is 7. The molecule has 0 saturated carbocycles. The molecule has 1 atom stereocenters. The Bertz CT molecular complexity index is 328. The predicted molar refractivity (Wildman–Crippen MR) is 76.0 cm³/mol. The first-order chi connectivity index (χ1) is 8.19. The van der Waals surface area contributed by atoms with E-state index in [2.05, 4.69) is 38.2 Å². The largest absolute Gasteiger partial charge is 0.496 e. The van der Waals surface area contributed by atoms with Gasteiger partial charge in [0.05, 0.1) is 7.11 Å². The normalized spacial score (nSPS) is 12.8. The molecule has 0 fully saturated rings. The summed E-state index contributed by atoms with van der Waals surface area (Å²) in [7, 11) is 1.73. The van der Waals surface area contributed by atoms with E-state index in [-0.39, 0.29) is 0 Å². The zero-order valence-electron chi connectivity index (χ0n) is 11.2. The van der Waals surface area contributed by atoms with E-state index in [4.69, 9.17) is 4.74 Å². The molecule has 0 saturated heterocycles. The van der Waals surface area contributed by atoms with Gasteiger partial charge in [0.2, 0.25) is 0 Å². The molecule has 1 unspecified atom stereocenters. The maximum absolute atomic E-state index is 5.36. The van der Waals surface area contributed by atoms with E-state index < -0.39 is 0 Å². The Labute approximate surface area is 109 Å². The molecule has 1 aromatic rings. The molecule has 96 valence electrons. The first kappa shape index (κ1) is 14.4. The van der Waals surface area contributed by atoms with Crippen LogP contribution < -0.4 is 10.1 Å². The highest BCUT2D eigenvalue weighted by atomic mass is 32.2. The van der Waals surface area contributed by atoms with Crippen LogP contribution in [0, 0.1) is 5.92 Å². The highest BCUT2D eigenvalue weighted by Gasteiger charge is 2.13. The fourth-order valence-corrected chi connectivity index (χ4v) is 3.00. The lowest BCUT2D eigenvalue weighted by atomic mass is 10.1. The van der Waals surface area contributed by atoms with Crippen molar-refractivity contribution in [3.8, 4) is 5.75 Å². The van der Waals surface area contributed by atoms with Crippen LogP contribution >= 0.6 is 11.8 Å². The van der Waals surface area contributed by atoms with Gasteiger partial charge >= 0.3 is 0 Å². The second kappa shape index (κ2) is 7.62. The number of hydrogen-bond acceptors (Lipinski definition) is 3. The minimum absolute atomic E-state index is 0.551. The predicted octanol–water partition coefficient (Wildman–Crippen LogP) is 3.42. The van der Waals surface area contributed by atoms with Gasteiger partial charge in [-0.15, -0.1) is 11.8 Å². The van der Waals surface area contributed by atoms with Crippen LogP contribution in [0.25, 0.3) is 0 Å². The third kappa shape index (κ3) is 4.60. The number of para-hydroxylation sites is 1. The molecule has 0 aliphatic rings. The molecule has 0 heterocycles. The molecule has 3 heteroatoms. The number of thioether (sulfide) groups is 1. The van der Waals surface area contributed by atoms with Gasteiger partial charge < -0.3 is 10.1 Å². The lowest BCUT2D eigenvalue weighted by Crippen LogP contribution is -2.35. The first-order valence-electron chi connectivity index (χ1n) is 6.18. The van der Waals surface area contributed by atoms with E-state index in [1.54, 1.807) is 7.11 Å². The number of benzene rings is 1. The Kier molecular flexibility index (Phi) is 6.45. The Morgan fingerprint density at radius 1 is 1.29 bits per heavy atom. The van der Waals surface area contributed by atoms with Crippen molar-refractivity contribution in [2.24, 2.45) is 5.92 Å². The lowest BCUT2D eigenvalue weighted by Gasteiger charge is -2.21. The van der Waals surface area contributed by atoms with Crippen LogP contribution in [0.3, 0.4) is 0 Å².